The van der Waals surface area contributed by atoms with E-state index < -0.39 is 5.97 Å². The summed E-state index contributed by atoms with van der Waals surface area (Å²) in [4.78, 5) is 27.2. The third-order valence-corrected chi connectivity index (χ3v) is 3.35. The molecule has 2 aromatic rings. The maximum atomic E-state index is 11.7. The highest BCUT2D eigenvalue weighted by Gasteiger charge is 2.13. The molecule has 0 radical (unpaired) electrons. The Balaban J connectivity index is 1.95. The van der Waals surface area contributed by atoms with E-state index in [0.717, 1.165) is 10.7 Å². The van der Waals surface area contributed by atoms with Gasteiger partial charge in [0, 0.05) is 29.5 Å². The molecule has 7 heteroatoms. The van der Waals surface area contributed by atoms with Crippen LogP contribution in [0.5, 0.6) is 0 Å². The molecule has 1 unspecified atom stereocenters. The van der Waals surface area contributed by atoms with Crippen molar-refractivity contribution in [3.63, 3.8) is 0 Å². The van der Waals surface area contributed by atoms with E-state index in [0.29, 0.717) is 0 Å². The Morgan fingerprint density at radius 1 is 1.61 bits per heavy atom. The van der Waals surface area contributed by atoms with Crippen molar-refractivity contribution in [2.45, 2.75) is 25.8 Å². The number of nitrogens with one attached hydrogen (secondary N) is 1. The lowest BCUT2D eigenvalue weighted by atomic mass is 10.2. The van der Waals surface area contributed by atoms with Crippen molar-refractivity contribution in [3.8, 4) is 0 Å². The minimum absolute atomic E-state index is 0.0735. The van der Waals surface area contributed by atoms with E-state index in [1.54, 1.807) is 19.3 Å². The predicted molar refractivity (Wildman–Crippen MR) is 66.6 cm³/mol. The van der Waals surface area contributed by atoms with Crippen LogP contribution in [0.1, 0.15) is 19.0 Å². The number of carbonyl (C=O) groups is 2. The van der Waals surface area contributed by atoms with Gasteiger partial charge in [0.15, 0.2) is 4.96 Å². The molecule has 0 fully saturated rings. The summed E-state index contributed by atoms with van der Waals surface area (Å²) in [5, 5.41) is 13.1. The Bertz CT molecular complexity index is 575. The van der Waals surface area contributed by atoms with Gasteiger partial charge >= 0.3 is 5.97 Å². The number of nitrogens with zero attached hydrogens (tertiary/aromatic N) is 2. The summed E-state index contributed by atoms with van der Waals surface area (Å²) in [6.45, 7) is 1.67. The zero-order valence-electron chi connectivity index (χ0n) is 9.79. The maximum absolute atomic E-state index is 11.7. The lowest BCUT2D eigenvalue weighted by molar-refractivity contribution is -0.137. The van der Waals surface area contributed by atoms with Gasteiger partial charge in [-0.05, 0) is 6.92 Å². The monoisotopic (exact) mass is 267 g/mol. The van der Waals surface area contributed by atoms with Crippen molar-refractivity contribution < 1.29 is 14.7 Å². The average Bonchev–Trinajstić information content (AvgIpc) is 2.81. The maximum Gasteiger partial charge on any atom is 0.305 e. The Morgan fingerprint density at radius 3 is 3.11 bits per heavy atom. The number of imidazole rings is 1. The van der Waals surface area contributed by atoms with E-state index >= 15 is 0 Å². The van der Waals surface area contributed by atoms with Crippen LogP contribution in [0, 0.1) is 0 Å². The van der Waals surface area contributed by atoms with Gasteiger partial charge in [-0.2, -0.15) is 0 Å². The van der Waals surface area contributed by atoms with Crippen molar-refractivity contribution in [2.24, 2.45) is 0 Å². The van der Waals surface area contributed by atoms with Crippen LogP contribution in [-0.4, -0.2) is 32.4 Å². The Labute approximate surface area is 107 Å². The first-order chi connectivity index (χ1) is 8.56. The minimum Gasteiger partial charge on any atom is -0.481 e. The van der Waals surface area contributed by atoms with E-state index in [-0.39, 0.29) is 24.8 Å². The van der Waals surface area contributed by atoms with Crippen LogP contribution in [0.2, 0.25) is 0 Å². The SMILES string of the molecule is CC(CC(=O)O)NC(=O)Cc1csc2nccn12. The molecular weight excluding hydrogens is 254 g/mol. The minimum atomic E-state index is -0.921. The van der Waals surface area contributed by atoms with Gasteiger partial charge in [-0.3, -0.25) is 14.0 Å². The number of hydrogen-bond acceptors (Lipinski definition) is 4. The number of rotatable bonds is 5. The lowest BCUT2D eigenvalue weighted by Crippen LogP contribution is -2.35. The highest BCUT2D eigenvalue weighted by molar-refractivity contribution is 7.15. The second kappa shape index (κ2) is 5.18. The summed E-state index contributed by atoms with van der Waals surface area (Å²) in [6, 6.07) is -0.369. The van der Waals surface area contributed by atoms with Crippen molar-refractivity contribution in [1.29, 1.82) is 0 Å². The Kier molecular flexibility index (Phi) is 3.61. The van der Waals surface area contributed by atoms with Crippen LogP contribution >= 0.6 is 11.3 Å². The molecule has 0 aliphatic heterocycles. The summed E-state index contributed by atoms with van der Waals surface area (Å²) < 4.78 is 1.85. The summed E-state index contributed by atoms with van der Waals surface area (Å²) in [7, 11) is 0. The zero-order chi connectivity index (χ0) is 13.1. The van der Waals surface area contributed by atoms with Gasteiger partial charge in [0.25, 0.3) is 0 Å². The number of aliphatic carboxylic acids is 1. The molecule has 0 spiro atoms. The molecule has 2 N–H and O–H groups in total. The number of fused-ring (bicyclic) bond motifs is 1. The molecule has 0 aliphatic rings. The number of carboxylic acid groups (broad SMARTS) is 1. The average molecular weight is 267 g/mol. The third-order valence-electron chi connectivity index (χ3n) is 2.45. The molecule has 0 aliphatic carbocycles. The van der Waals surface area contributed by atoms with Gasteiger partial charge in [-0.25, -0.2) is 4.98 Å². The summed E-state index contributed by atoms with van der Waals surface area (Å²) >= 11 is 1.47. The van der Waals surface area contributed by atoms with Crippen molar-refractivity contribution >= 4 is 28.2 Å². The standard InChI is InChI=1S/C11H13N3O3S/c1-7(4-10(16)17)13-9(15)5-8-6-18-11-12-2-3-14(8)11/h2-3,6-7H,4-5H2,1H3,(H,13,15)(H,16,17). The van der Waals surface area contributed by atoms with Crippen LogP contribution in [0.15, 0.2) is 17.8 Å². The number of carbonyl (C=O) groups excluding carboxylic acids is 1. The second-order valence-corrected chi connectivity index (χ2v) is 4.89. The first-order valence-electron chi connectivity index (χ1n) is 5.47. The molecule has 2 heterocycles. The molecular formula is C11H13N3O3S. The highest BCUT2D eigenvalue weighted by Crippen LogP contribution is 2.14. The zero-order valence-corrected chi connectivity index (χ0v) is 10.6. The largest absolute Gasteiger partial charge is 0.481 e. The molecule has 96 valence electrons. The summed E-state index contributed by atoms with van der Waals surface area (Å²) in [6.07, 6.45) is 3.63. The first kappa shape index (κ1) is 12.6. The predicted octanol–water partition coefficient (Wildman–Crippen LogP) is 0.918. The van der Waals surface area contributed by atoms with Crippen molar-refractivity contribution in [3.05, 3.63) is 23.5 Å². The van der Waals surface area contributed by atoms with E-state index in [2.05, 4.69) is 10.3 Å². The van der Waals surface area contributed by atoms with E-state index in [1.807, 2.05) is 9.78 Å². The number of amides is 1. The van der Waals surface area contributed by atoms with Crippen LogP contribution in [-0.2, 0) is 16.0 Å². The van der Waals surface area contributed by atoms with Gasteiger partial charge in [0.1, 0.15) is 0 Å². The van der Waals surface area contributed by atoms with Crippen LogP contribution in [0.25, 0.3) is 4.96 Å². The molecule has 0 aromatic carbocycles. The molecule has 1 amide bonds. The third kappa shape index (κ3) is 2.86. The van der Waals surface area contributed by atoms with E-state index in [9.17, 15) is 9.59 Å². The van der Waals surface area contributed by atoms with Crippen LogP contribution in [0.4, 0.5) is 0 Å². The fourth-order valence-corrected chi connectivity index (χ4v) is 2.55. The van der Waals surface area contributed by atoms with Gasteiger partial charge in [0.2, 0.25) is 5.91 Å². The lowest BCUT2D eigenvalue weighted by Gasteiger charge is -2.10. The molecule has 1 atom stereocenters. The van der Waals surface area contributed by atoms with Gasteiger partial charge in [0.05, 0.1) is 12.8 Å². The fraction of sp³-hybridized carbons (Fsp3) is 0.364. The van der Waals surface area contributed by atoms with E-state index in [4.69, 9.17) is 5.11 Å². The Morgan fingerprint density at radius 2 is 2.39 bits per heavy atom. The normalized spacial score (nSPS) is 12.5. The smallest absolute Gasteiger partial charge is 0.305 e. The second-order valence-electron chi connectivity index (χ2n) is 4.05. The number of hydrogen-bond donors (Lipinski definition) is 2. The molecule has 18 heavy (non-hydrogen) atoms. The molecule has 6 nitrogen and oxygen atoms in total. The van der Waals surface area contributed by atoms with E-state index in [1.165, 1.54) is 11.3 Å². The molecule has 0 bridgehead atoms. The molecule has 2 aromatic heterocycles. The molecule has 0 saturated carbocycles. The highest BCUT2D eigenvalue weighted by atomic mass is 32.1. The molecule has 2 rings (SSSR count). The first-order valence-corrected chi connectivity index (χ1v) is 6.35. The number of aromatic nitrogens is 2. The van der Waals surface area contributed by atoms with Crippen LogP contribution in [0.3, 0.4) is 0 Å². The topological polar surface area (TPSA) is 83.7 Å². The Hall–Kier alpha value is -1.89. The van der Waals surface area contributed by atoms with Crippen molar-refractivity contribution in [1.82, 2.24) is 14.7 Å². The van der Waals surface area contributed by atoms with Gasteiger partial charge in [-0.1, -0.05) is 0 Å². The molecule has 0 saturated heterocycles. The fourth-order valence-electron chi connectivity index (χ4n) is 1.70. The summed E-state index contributed by atoms with van der Waals surface area (Å²) in [5.74, 6) is -1.10. The number of thiazole rings is 1. The number of carboxylic acids is 1. The van der Waals surface area contributed by atoms with Gasteiger partial charge in [-0.15, -0.1) is 11.3 Å². The van der Waals surface area contributed by atoms with Crippen LogP contribution < -0.4 is 5.32 Å². The quantitative estimate of drug-likeness (QED) is 0.843. The van der Waals surface area contributed by atoms with Crippen molar-refractivity contribution in [2.75, 3.05) is 0 Å². The van der Waals surface area contributed by atoms with Gasteiger partial charge < -0.3 is 10.4 Å². The summed E-state index contributed by atoms with van der Waals surface area (Å²) in [5.41, 5.74) is 0.854.